The number of aromatic nitrogens is 2. The molecule has 4 heteroatoms. The van der Waals surface area contributed by atoms with Gasteiger partial charge in [0, 0.05) is 23.4 Å². The van der Waals surface area contributed by atoms with E-state index in [1.165, 1.54) is 0 Å². The van der Waals surface area contributed by atoms with E-state index < -0.39 is 0 Å². The van der Waals surface area contributed by atoms with Crippen molar-refractivity contribution >= 4 is 17.4 Å². The van der Waals surface area contributed by atoms with Gasteiger partial charge in [0.05, 0.1) is 0 Å². The Morgan fingerprint density at radius 2 is 2.00 bits per heavy atom. The molecule has 0 fully saturated rings. The quantitative estimate of drug-likeness (QED) is 0.671. The Bertz CT molecular complexity index is 469. The second kappa shape index (κ2) is 5.58. The van der Waals surface area contributed by atoms with E-state index in [9.17, 15) is 0 Å². The molecule has 1 heterocycles. The number of hydrogen-bond donors (Lipinski definition) is 1. The van der Waals surface area contributed by atoms with Crippen LogP contribution in [0.4, 0.5) is 5.82 Å². The highest BCUT2D eigenvalue weighted by Crippen LogP contribution is 2.26. The molecule has 1 unspecified atom stereocenters. The highest BCUT2D eigenvalue weighted by Gasteiger charge is 2.21. The molecule has 0 radical (unpaired) electrons. The second-order valence-corrected chi connectivity index (χ2v) is 5.87. The summed E-state index contributed by atoms with van der Waals surface area (Å²) in [6.45, 7) is 10.1. The minimum absolute atomic E-state index is 0.136. The maximum absolute atomic E-state index is 6.15. The van der Waals surface area contributed by atoms with E-state index in [1.807, 2.05) is 13.8 Å². The molecule has 3 nitrogen and oxygen atoms in total. The van der Waals surface area contributed by atoms with Crippen molar-refractivity contribution in [3.8, 4) is 12.3 Å². The van der Waals surface area contributed by atoms with Gasteiger partial charge >= 0.3 is 0 Å². The van der Waals surface area contributed by atoms with Crippen LogP contribution in [0.2, 0.25) is 5.15 Å². The van der Waals surface area contributed by atoms with Crippen LogP contribution in [0.5, 0.6) is 0 Å². The molecule has 1 aromatic rings. The van der Waals surface area contributed by atoms with E-state index in [2.05, 4.69) is 42.0 Å². The molecule has 1 atom stereocenters. The van der Waals surface area contributed by atoms with E-state index in [0.29, 0.717) is 11.6 Å². The maximum Gasteiger partial charge on any atom is 0.137 e. The average Bonchev–Trinajstić information content (AvgIpc) is 2.23. The molecular formula is C14H20ClN3. The lowest BCUT2D eigenvalue weighted by molar-refractivity contribution is 0.545. The van der Waals surface area contributed by atoms with Gasteiger partial charge in [-0.3, -0.25) is 0 Å². The first-order valence-corrected chi connectivity index (χ1v) is 6.38. The molecule has 0 bridgehead atoms. The molecule has 0 aliphatic rings. The zero-order chi connectivity index (χ0) is 13.9. The lowest BCUT2D eigenvalue weighted by atomic mass is 9.95. The third-order valence-electron chi connectivity index (χ3n) is 2.56. The summed E-state index contributed by atoms with van der Waals surface area (Å²) in [4.78, 5) is 8.88. The summed E-state index contributed by atoms with van der Waals surface area (Å²) in [6.07, 6.45) is 5.95. The van der Waals surface area contributed by atoms with Crippen molar-refractivity contribution in [1.82, 2.24) is 9.97 Å². The maximum atomic E-state index is 6.15. The average molecular weight is 266 g/mol. The van der Waals surface area contributed by atoms with Gasteiger partial charge < -0.3 is 5.32 Å². The predicted molar refractivity (Wildman–Crippen MR) is 77.0 cm³/mol. The molecule has 18 heavy (non-hydrogen) atoms. The Balaban J connectivity index is 3.12. The Labute approximate surface area is 114 Å². The molecule has 98 valence electrons. The highest BCUT2D eigenvalue weighted by molar-refractivity contribution is 6.30. The van der Waals surface area contributed by atoms with Crippen LogP contribution < -0.4 is 5.32 Å². The van der Waals surface area contributed by atoms with Crippen molar-refractivity contribution in [2.24, 2.45) is 0 Å². The smallest absolute Gasteiger partial charge is 0.137 e. The lowest BCUT2D eigenvalue weighted by Crippen LogP contribution is -2.21. The fourth-order valence-corrected chi connectivity index (χ4v) is 1.60. The van der Waals surface area contributed by atoms with Crippen molar-refractivity contribution in [3.05, 3.63) is 16.5 Å². The van der Waals surface area contributed by atoms with Crippen molar-refractivity contribution in [2.75, 3.05) is 5.32 Å². The number of halogens is 1. The van der Waals surface area contributed by atoms with Gasteiger partial charge in [0.2, 0.25) is 0 Å². The summed E-state index contributed by atoms with van der Waals surface area (Å²) in [7, 11) is 0. The van der Waals surface area contributed by atoms with Crippen molar-refractivity contribution in [2.45, 2.75) is 52.5 Å². The van der Waals surface area contributed by atoms with Gasteiger partial charge in [0.1, 0.15) is 16.8 Å². The van der Waals surface area contributed by atoms with Gasteiger partial charge in [-0.2, -0.15) is 0 Å². The monoisotopic (exact) mass is 265 g/mol. The zero-order valence-electron chi connectivity index (χ0n) is 11.6. The molecule has 1 aromatic heterocycles. The molecule has 0 aromatic carbocycles. The number of terminal acetylenes is 1. The SMILES string of the molecule is C#CCC(C)Nc1nc(C(C)(C)C)nc(Cl)c1C. The molecule has 0 amide bonds. The van der Waals surface area contributed by atoms with E-state index in [0.717, 1.165) is 17.2 Å². The lowest BCUT2D eigenvalue weighted by Gasteiger charge is -2.21. The standard InChI is InChI=1S/C14H20ClN3/c1-7-8-9(2)16-12-10(3)11(15)17-13(18-12)14(4,5)6/h1,9H,8H2,2-6H3,(H,16,17,18). The Kier molecular flexibility index (Phi) is 4.59. The molecule has 0 saturated heterocycles. The van der Waals surface area contributed by atoms with Gasteiger partial charge in [-0.15, -0.1) is 12.3 Å². The summed E-state index contributed by atoms with van der Waals surface area (Å²) in [5.41, 5.74) is 0.719. The van der Waals surface area contributed by atoms with Gasteiger partial charge in [-0.05, 0) is 13.8 Å². The van der Waals surface area contributed by atoms with Crippen LogP contribution in [0, 0.1) is 19.3 Å². The number of anilines is 1. The van der Waals surface area contributed by atoms with E-state index >= 15 is 0 Å². The highest BCUT2D eigenvalue weighted by atomic mass is 35.5. The van der Waals surface area contributed by atoms with Crippen LogP contribution >= 0.6 is 11.6 Å². The first kappa shape index (κ1) is 14.8. The van der Waals surface area contributed by atoms with Gasteiger partial charge in [0.15, 0.2) is 0 Å². The largest absolute Gasteiger partial charge is 0.366 e. The Morgan fingerprint density at radius 3 is 2.50 bits per heavy atom. The normalized spacial score (nSPS) is 12.9. The molecule has 1 N–H and O–H groups in total. The van der Waals surface area contributed by atoms with Gasteiger partial charge in [0.25, 0.3) is 0 Å². The topological polar surface area (TPSA) is 37.8 Å². The van der Waals surface area contributed by atoms with Crippen molar-refractivity contribution < 1.29 is 0 Å². The summed E-state index contributed by atoms with van der Waals surface area (Å²) in [5, 5.41) is 3.78. The van der Waals surface area contributed by atoms with Crippen molar-refractivity contribution in [1.29, 1.82) is 0 Å². The van der Waals surface area contributed by atoms with Crippen LogP contribution in [0.15, 0.2) is 0 Å². The molecule has 0 aliphatic carbocycles. The summed E-state index contributed by atoms with van der Waals surface area (Å²) in [6, 6.07) is 0.160. The van der Waals surface area contributed by atoms with Crippen LogP contribution in [0.1, 0.15) is 45.5 Å². The summed E-state index contributed by atoms with van der Waals surface area (Å²) >= 11 is 6.15. The number of nitrogens with one attached hydrogen (secondary N) is 1. The predicted octanol–water partition coefficient (Wildman–Crippen LogP) is 3.56. The van der Waals surface area contributed by atoms with Crippen LogP contribution in [-0.4, -0.2) is 16.0 Å². The fourth-order valence-electron chi connectivity index (χ4n) is 1.43. The number of nitrogens with zero attached hydrogens (tertiary/aromatic N) is 2. The Hall–Kier alpha value is -1.27. The zero-order valence-corrected chi connectivity index (χ0v) is 12.4. The van der Waals surface area contributed by atoms with Gasteiger partial charge in [-0.25, -0.2) is 9.97 Å². The first-order valence-electron chi connectivity index (χ1n) is 6.00. The van der Waals surface area contributed by atoms with Crippen molar-refractivity contribution in [3.63, 3.8) is 0 Å². The third-order valence-corrected chi connectivity index (χ3v) is 2.93. The number of rotatable bonds is 3. The second-order valence-electron chi connectivity index (χ2n) is 5.52. The van der Waals surface area contributed by atoms with E-state index in [-0.39, 0.29) is 11.5 Å². The van der Waals surface area contributed by atoms with Crippen LogP contribution in [0.3, 0.4) is 0 Å². The first-order chi connectivity index (χ1) is 8.25. The van der Waals surface area contributed by atoms with Crippen LogP contribution in [-0.2, 0) is 5.41 Å². The molecule has 0 saturated carbocycles. The molecular weight excluding hydrogens is 246 g/mol. The fraction of sp³-hybridized carbons (Fsp3) is 0.571. The summed E-state index contributed by atoms with van der Waals surface area (Å²) in [5.74, 6) is 4.12. The van der Waals surface area contributed by atoms with E-state index in [4.69, 9.17) is 18.0 Å². The van der Waals surface area contributed by atoms with E-state index in [1.54, 1.807) is 0 Å². The minimum Gasteiger partial charge on any atom is -0.366 e. The van der Waals surface area contributed by atoms with Crippen LogP contribution in [0.25, 0.3) is 0 Å². The molecule has 0 spiro atoms. The molecule has 1 rings (SSSR count). The minimum atomic E-state index is -0.136. The molecule has 0 aliphatic heterocycles. The van der Waals surface area contributed by atoms with Gasteiger partial charge in [-0.1, -0.05) is 32.4 Å². The number of hydrogen-bond acceptors (Lipinski definition) is 3. The third kappa shape index (κ3) is 3.61. The summed E-state index contributed by atoms with van der Waals surface area (Å²) < 4.78 is 0. The Morgan fingerprint density at radius 1 is 1.39 bits per heavy atom.